The smallest absolute Gasteiger partial charge is 0.242 e. The summed E-state index contributed by atoms with van der Waals surface area (Å²) in [6.45, 7) is 10.1. The van der Waals surface area contributed by atoms with Crippen LogP contribution in [0.3, 0.4) is 0 Å². The highest BCUT2D eigenvalue weighted by Gasteiger charge is 2.42. The molecule has 0 radical (unpaired) electrons. The number of aliphatic hydroxyl groups is 1. The van der Waals surface area contributed by atoms with E-state index in [-0.39, 0.29) is 73.7 Å². The summed E-state index contributed by atoms with van der Waals surface area (Å²) in [4.78, 5) is 57.7. The van der Waals surface area contributed by atoms with Crippen LogP contribution in [0, 0.1) is 17.8 Å². The molecular weight excluding hydrogens is 542 g/mol. The molecule has 1 fully saturated rings. The Morgan fingerprint density at radius 1 is 1.00 bits per heavy atom. The van der Waals surface area contributed by atoms with Crippen molar-refractivity contribution in [3.63, 3.8) is 0 Å². The number of methoxy groups -OCH3 is 2. The molecule has 1 saturated heterocycles. The van der Waals surface area contributed by atoms with E-state index in [9.17, 15) is 19.2 Å². The topological polar surface area (TPSA) is 141 Å². The van der Waals surface area contributed by atoms with Gasteiger partial charge in [-0.2, -0.15) is 0 Å². The van der Waals surface area contributed by atoms with Crippen LogP contribution in [0.1, 0.15) is 60.3 Å². The normalized spacial score (nSPS) is 19.6. The molecule has 1 aliphatic rings. The van der Waals surface area contributed by atoms with Crippen LogP contribution in [0.4, 0.5) is 0 Å². The van der Waals surface area contributed by atoms with E-state index in [4.69, 9.17) is 14.6 Å². The molecule has 1 heterocycles. The maximum atomic E-state index is 13.7. The number of aliphatic hydroxyl groups excluding tert-OH is 1. The molecule has 0 aromatic heterocycles. The summed E-state index contributed by atoms with van der Waals surface area (Å²) in [5, 5.41) is 14.5. The Morgan fingerprint density at radius 3 is 2.14 bits per heavy atom. The second-order valence-corrected chi connectivity index (χ2v) is 12.0. The molecule has 1 rings (SSSR count). The molecule has 244 valence electrons. The van der Waals surface area contributed by atoms with Crippen LogP contribution in [-0.4, -0.2) is 135 Å². The van der Waals surface area contributed by atoms with Gasteiger partial charge >= 0.3 is 0 Å². The molecule has 3 N–H and O–H groups in total. The summed E-state index contributed by atoms with van der Waals surface area (Å²) in [7, 11) is 8.46. The molecule has 7 atom stereocenters. The van der Waals surface area contributed by atoms with Gasteiger partial charge in [-0.05, 0) is 38.8 Å². The summed E-state index contributed by atoms with van der Waals surface area (Å²) in [5.74, 6) is -1.24. The summed E-state index contributed by atoms with van der Waals surface area (Å²) in [6.07, 6.45) is 1.23. The van der Waals surface area contributed by atoms with Crippen LogP contribution < -0.4 is 10.6 Å². The summed E-state index contributed by atoms with van der Waals surface area (Å²) >= 11 is 0. The van der Waals surface area contributed by atoms with Crippen molar-refractivity contribution in [3.8, 4) is 0 Å². The number of carbonyl (C=O) groups excluding carboxylic acids is 4. The van der Waals surface area contributed by atoms with Crippen LogP contribution in [0.5, 0.6) is 0 Å². The highest BCUT2D eigenvalue weighted by Crippen LogP contribution is 2.29. The number of carbonyl (C=O) groups is 4. The minimum atomic E-state index is -0.574. The lowest BCUT2D eigenvalue weighted by molar-refractivity contribution is -0.145. The predicted octanol–water partition coefficient (Wildman–Crippen LogP) is 0.718. The average Bonchev–Trinajstić information content (AvgIpc) is 3.43. The van der Waals surface area contributed by atoms with Crippen molar-refractivity contribution < 1.29 is 33.8 Å². The largest absolute Gasteiger partial charge is 0.395 e. The van der Waals surface area contributed by atoms with Crippen molar-refractivity contribution >= 4 is 23.6 Å². The quantitative estimate of drug-likeness (QED) is 0.209. The number of ether oxygens (including phenoxy) is 2. The van der Waals surface area contributed by atoms with Crippen molar-refractivity contribution in [3.05, 3.63) is 0 Å². The fraction of sp³-hybridized carbons (Fsp3) is 0.867. The highest BCUT2D eigenvalue weighted by atomic mass is 16.5. The Balaban J connectivity index is 3.05. The van der Waals surface area contributed by atoms with Crippen LogP contribution >= 0.6 is 0 Å². The number of hydrogen-bond donors (Lipinski definition) is 3. The molecule has 42 heavy (non-hydrogen) atoms. The van der Waals surface area contributed by atoms with Gasteiger partial charge < -0.3 is 35.0 Å². The van der Waals surface area contributed by atoms with Crippen molar-refractivity contribution in [1.82, 2.24) is 25.3 Å². The van der Waals surface area contributed by atoms with Crippen molar-refractivity contribution in [2.24, 2.45) is 17.8 Å². The second kappa shape index (κ2) is 18.4. The van der Waals surface area contributed by atoms with Gasteiger partial charge in [-0.3, -0.25) is 24.1 Å². The van der Waals surface area contributed by atoms with Crippen LogP contribution in [0.25, 0.3) is 0 Å². The first-order valence-corrected chi connectivity index (χ1v) is 15.2. The van der Waals surface area contributed by atoms with Gasteiger partial charge in [0.1, 0.15) is 0 Å². The average molecular weight is 600 g/mol. The van der Waals surface area contributed by atoms with Gasteiger partial charge in [0.15, 0.2) is 0 Å². The summed E-state index contributed by atoms with van der Waals surface area (Å²) in [6, 6.07) is -1.03. The Morgan fingerprint density at radius 2 is 1.64 bits per heavy atom. The van der Waals surface area contributed by atoms with Crippen molar-refractivity contribution in [2.45, 2.75) is 90.6 Å². The van der Waals surface area contributed by atoms with E-state index < -0.39 is 24.2 Å². The fourth-order valence-corrected chi connectivity index (χ4v) is 6.19. The van der Waals surface area contributed by atoms with Gasteiger partial charge in [0.05, 0.1) is 55.8 Å². The number of likely N-dealkylation sites (tertiary alicyclic amines) is 1. The first-order chi connectivity index (χ1) is 19.8. The maximum absolute atomic E-state index is 13.7. The zero-order valence-electron chi connectivity index (χ0n) is 27.5. The molecule has 1 aliphatic heterocycles. The third kappa shape index (κ3) is 10.2. The Labute approximate surface area is 252 Å². The zero-order chi connectivity index (χ0) is 32.1. The number of nitrogens with zero attached hydrogens (tertiary/aromatic N) is 3. The maximum Gasteiger partial charge on any atom is 0.242 e. The summed E-state index contributed by atoms with van der Waals surface area (Å²) < 4.78 is 11.6. The second-order valence-electron chi connectivity index (χ2n) is 12.0. The number of hydrogen-bond acceptors (Lipinski definition) is 8. The van der Waals surface area contributed by atoms with Crippen molar-refractivity contribution in [2.75, 3.05) is 61.6 Å². The predicted molar refractivity (Wildman–Crippen MR) is 162 cm³/mol. The Bertz CT molecular complexity index is 863. The zero-order valence-corrected chi connectivity index (χ0v) is 27.5. The SMILES string of the molecule is CCC(C)C(C(CC(=O)N1CCCC1C(OC)C(C)C(=O)NCCO)OC)N(C)C(=O)CNC(=O)C(C(C)C)N(C)C. The van der Waals surface area contributed by atoms with Gasteiger partial charge in [-0.25, -0.2) is 0 Å². The van der Waals surface area contributed by atoms with Crippen LogP contribution in [0.2, 0.25) is 0 Å². The van der Waals surface area contributed by atoms with Gasteiger partial charge in [0, 0.05) is 34.4 Å². The third-order valence-corrected chi connectivity index (χ3v) is 8.59. The van der Waals surface area contributed by atoms with Gasteiger partial charge in [-0.15, -0.1) is 0 Å². The van der Waals surface area contributed by atoms with Crippen molar-refractivity contribution in [1.29, 1.82) is 0 Å². The van der Waals surface area contributed by atoms with Gasteiger partial charge in [0.25, 0.3) is 0 Å². The minimum Gasteiger partial charge on any atom is -0.395 e. The number of amides is 4. The third-order valence-electron chi connectivity index (χ3n) is 8.59. The molecule has 4 amide bonds. The van der Waals surface area contributed by atoms with E-state index in [0.29, 0.717) is 13.0 Å². The number of nitrogens with one attached hydrogen (secondary N) is 2. The first-order valence-electron chi connectivity index (χ1n) is 15.2. The number of likely N-dealkylation sites (N-methyl/N-ethyl adjacent to an activating group) is 2. The first kappa shape index (κ1) is 37.7. The minimum absolute atomic E-state index is 0.0222. The molecular formula is C30H57N5O7. The van der Waals surface area contributed by atoms with E-state index in [0.717, 1.165) is 12.8 Å². The van der Waals surface area contributed by atoms with E-state index in [2.05, 4.69) is 10.6 Å². The molecule has 12 nitrogen and oxygen atoms in total. The Hall–Kier alpha value is -2.28. The lowest BCUT2D eigenvalue weighted by Crippen LogP contribution is -2.55. The number of rotatable bonds is 18. The van der Waals surface area contributed by atoms with Crippen LogP contribution in [0.15, 0.2) is 0 Å². The van der Waals surface area contributed by atoms with Gasteiger partial charge in [0.2, 0.25) is 23.6 Å². The van der Waals surface area contributed by atoms with Crippen LogP contribution in [-0.2, 0) is 28.7 Å². The lowest BCUT2D eigenvalue weighted by atomic mass is 9.90. The standard InChI is InChI=1S/C30H57N5O7/c1-11-20(4)27(34(8)25(38)18-32-30(40)26(19(2)3)33(6)7)23(41-9)17-24(37)35-15-12-13-22(35)28(42-10)21(5)29(39)31-14-16-36/h19-23,26-28,36H,11-18H2,1-10H3,(H,31,39)(H,32,40). The molecule has 0 saturated carbocycles. The van der Waals surface area contributed by atoms with E-state index in [1.807, 2.05) is 46.7 Å². The van der Waals surface area contributed by atoms with Gasteiger partial charge in [-0.1, -0.05) is 41.0 Å². The Kier molecular flexibility index (Phi) is 16.5. The molecule has 0 bridgehead atoms. The van der Waals surface area contributed by atoms with E-state index in [1.165, 1.54) is 0 Å². The molecule has 0 aromatic rings. The fourth-order valence-electron chi connectivity index (χ4n) is 6.19. The monoisotopic (exact) mass is 599 g/mol. The molecule has 7 unspecified atom stereocenters. The highest BCUT2D eigenvalue weighted by molar-refractivity contribution is 5.87. The van der Waals surface area contributed by atoms with E-state index in [1.54, 1.807) is 38.0 Å². The molecule has 0 aliphatic carbocycles. The molecule has 0 aromatic carbocycles. The van der Waals surface area contributed by atoms with E-state index >= 15 is 0 Å². The lowest BCUT2D eigenvalue weighted by Gasteiger charge is -2.39. The molecule has 0 spiro atoms. The molecule has 12 heteroatoms. The summed E-state index contributed by atoms with van der Waals surface area (Å²) in [5.41, 5.74) is 0.